The van der Waals surface area contributed by atoms with E-state index in [2.05, 4.69) is 10.2 Å². The number of nitrogens with zero attached hydrogens (tertiary/aromatic N) is 1. The molecule has 2 atom stereocenters. The maximum absolute atomic E-state index is 11.3. The van der Waals surface area contributed by atoms with E-state index in [1.807, 2.05) is 0 Å². The molecule has 2 aliphatic rings. The first-order valence-electron chi connectivity index (χ1n) is 4.84. The van der Waals surface area contributed by atoms with Gasteiger partial charge in [0.15, 0.2) is 0 Å². The van der Waals surface area contributed by atoms with Gasteiger partial charge in [-0.3, -0.25) is 9.69 Å². The molecule has 0 radical (unpaired) electrons. The molecule has 2 rings (SSSR count). The number of esters is 1. The van der Waals surface area contributed by atoms with Crippen molar-refractivity contribution < 1.29 is 9.53 Å². The molecule has 13 heavy (non-hydrogen) atoms. The van der Waals surface area contributed by atoms with Crippen molar-refractivity contribution in [2.45, 2.75) is 12.5 Å². The average Bonchev–Trinajstić information content (AvgIpc) is 2.59. The van der Waals surface area contributed by atoms with Crippen LogP contribution >= 0.6 is 0 Å². The molecule has 0 saturated carbocycles. The van der Waals surface area contributed by atoms with E-state index >= 15 is 0 Å². The van der Waals surface area contributed by atoms with Crippen LogP contribution in [0, 0.1) is 5.92 Å². The highest BCUT2D eigenvalue weighted by atomic mass is 16.5. The van der Waals surface area contributed by atoms with Gasteiger partial charge in [-0.1, -0.05) is 0 Å². The second kappa shape index (κ2) is 3.64. The molecule has 2 aliphatic heterocycles. The summed E-state index contributed by atoms with van der Waals surface area (Å²) in [5.41, 5.74) is 0. The zero-order valence-electron chi connectivity index (χ0n) is 7.95. The fourth-order valence-electron chi connectivity index (χ4n) is 2.30. The molecule has 0 spiro atoms. The second-order valence-electron chi connectivity index (χ2n) is 3.81. The van der Waals surface area contributed by atoms with Gasteiger partial charge in [0, 0.05) is 32.2 Å². The third-order valence-corrected chi connectivity index (χ3v) is 3.02. The molecule has 0 aromatic rings. The Morgan fingerprint density at radius 2 is 2.46 bits per heavy atom. The largest absolute Gasteiger partial charge is 0.469 e. The molecular formula is C9H16N2O2. The Labute approximate surface area is 78.2 Å². The Hall–Kier alpha value is -0.610. The predicted octanol–water partition coefficient (Wildman–Crippen LogP) is -0.547. The Balaban J connectivity index is 1.94. The van der Waals surface area contributed by atoms with Crippen LogP contribution < -0.4 is 5.32 Å². The first-order valence-corrected chi connectivity index (χ1v) is 4.84. The Morgan fingerprint density at radius 1 is 1.62 bits per heavy atom. The lowest BCUT2D eigenvalue weighted by Crippen LogP contribution is -2.47. The number of hydrogen-bond acceptors (Lipinski definition) is 4. The van der Waals surface area contributed by atoms with Crippen LogP contribution in [0.15, 0.2) is 0 Å². The van der Waals surface area contributed by atoms with Gasteiger partial charge in [-0.2, -0.15) is 0 Å². The number of carbonyl (C=O) groups excluding carboxylic acids is 1. The summed E-state index contributed by atoms with van der Waals surface area (Å²) in [5, 5.41) is 3.34. The fraction of sp³-hybridized carbons (Fsp3) is 0.889. The zero-order chi connectivity index (χ0) is 9.26. The van der Waals surface area contributed by atoms with Gasteiger partial charge in [0.1, 0.15) is 0 Å². The summed E-state index contributed by atoms with van der Waals surface area (Å²) in [4.78, 5) is 13.7. The Bertz CT molecular complexity index is 194. The number of nitrogens with one attached hydrogen (secondary N) is 1. The number of fused-ring (bicyclic) bond motifs is 1. The van der Waals surface area contributed by atoms with E-state index in [0.717, 1.165) is 32.6 Å². The molecule has 2 saturated heterocycles. The van der Waals surface area contributed by atoms with E-state index in [-0.39, 0.29) is 11.9 Å². The van der Waals surface area contributed by atoms with Crippen LogP contribution in [0.1, 0.15) is 6.42 Å². The monoisotopic (exact) mass is 184 g/mol. The molecule has 4 heteroatoms. The number of hydrogen-bond donors (Lipinski definition) is 1. The molecule has 0 aromatic heterocycles. The standard InChI is InChI=1S/C9H16N2O2/c1-13-9(12)7-4-8-5-10-2-3-11(8)6-7/h7-8,10H,2-6H2,1H3. The molecule has 2 unspecified atom stereocenters. The van der Waals surface area contributed by atoms with Crippen molar-refractivity contribution in [2.24, 2.45) is 5.92 Å². The smallest absolute Gasteiger partial charge is 0.310 e. The van der Waals surface area contributed by atoms with Gasteiger partial charge in [-0.15, -0.1) is 0 Å². The highest BCUT2D eigenvalue weighted by molar-refractivity contribution is 5.73. The normalized spacial score (nSPS) is 34.2. The topological polar surface area (TPSA) is 41.6 Å². The first kappa shape index (κ1) is 8.97. The van der Waals surface area contributed by atoms with Gasteiger partial charge in [-0.05, 0) is 6.42 Å². The molecule has 74 valence electrons. The van der Waals surface area contributed by atoms with E-state index < -0.39 is 0 Å². The molecule has 0 bridgehead atoms. The van der Waals surface area contributed by atoms with Crippen LogP contribution in [-0.2, 0) is 9.53 Å². The molecular weight excluding hydrogens is 168 g/mol. The van der Waals surface area contributed by atoms with Crippen molar-refractivity contribution in [3.8, 4) is 0 Å². The number of carbonyl (C=O) groups is 1. The quantitative estimate of drug-likeness (QED) is 0.555. The molecule has 1 N–H and O–H groups in total. The Kier molecular flexibility index (Phi) is 2.51. The third-order valence-electron chi connectivity index (χ3n) is 3.02. The SMILES string of the molecule is COC(=O)C1CC2CNCCN2C1. The summed E-state index contributed by atoms with van der Waals surface area (Å²) < 4.78 is 4.75. The third kappa shape index (κ3) is 1.69. The number of rotatable bonds is 1. The lowest BCUT2D eigenvalue weighted by Gasteiger charge is -2.29. The van der Waals surface area contributed by atoms with Crippen molar-refractivity contribution in [1.82, 2.24) is 10.2 Å². The minimum atomic E-state index is -0.0469. The van der Waals surface area contributed by atoms with Crippen LogP contribution in [-0.4, -0.2) is 50.2 Å². The molecule has 2 fully saturated rings. The van der Waals surface area contributed by atoms with Gasteiger partial charge in [0.2, 0.25) is 0 Å². The van der Waals surface area contributed by atoms with Crippen LogP contribution in [0.3, 0.4) is 0 Å². The van der Waals surface area contributed by atoms with Gasteiger partial charge in [0.25, 0.3) is 0 Å². The van der Waals surface area contributed by atoms with Crippen LogP contribution in [0.5, 0.6) is 0 Å². The summed E-state index contributed by atoms with van der Waals surface area (Å²) in [6.45, 7) is 4.02. The summed E-state index contributed by atoms with van der Waals surface area (Å²) in [5.74, 6) is 0.0595. The summed E-state index contributed by atoms with van der Waals surface area (Å²) >= 11 is 0. The number of methoxy groups -OCH3 is 1. The van der Waals surface area contributed by atoms with Crippen molar-refractivity contribution in [3.05, 3.63) is 0 Å². The lowest BCUT2D eigenvalue weighted by atomic mass is 10.1. The highest BCUT2D eigenvalue weighted by Crippen LogP contribution is 2.24. The summed E-state index contributed by atoms with van der Waals surface area (Å²) in [6.07, 6.45) is 0.958. The van der Waals surface area contributed by atoms with Crippen LogP contribution in [0.4, 0.5) is 0 Å². The van der Waals surface area contributed by atoms with Crippen molar-refractivity contribution in [3.63, 3.8) is 0 Å². The highest BCUT2D eigenvalue weighted by Gasteiger charge is 2.37. The van der Waals surface area contributed by atoms with Gasteiger partial charge in [0.05, 0.1) is 13.0 Å². The van der Waals surface area contributed by atoms with Crippen molar-refractivity contribution in [2.75, 3.05) is 33.3 Å². The fourth-order valence-corrected chi connectivity index (χ4v) is 2.30. The van der Waals surface area contributed by atoms with Gasteiger partial charge in [-0.25, -0.2) is 0 Å². The second-order valence-corrected chi connectivity index (χ2v) is 3.81. The van der Waals surface area contributed by atoms with Gasteiger partial charge >= 0.3 is 5.97 Å². The molecule has 0 aliphatic carbocycles. The average molecular weight is 184 g/mol. The van der Waals surface area contributed by atoms with Crippen LogP contribution in [0.25, 0.3) is 0 Å². The maximum Gasteiger partial charge on any atom is 0.310 e. The summed E-state index contributed by atoms with van der Waals surface area (Å²) in [7, 11) is 1.47. The van der Waals surface area contributed by atoms with E-state index in [4.69, 9.17) is 4.74 Å². The van der Waals surface area contributed by atoms with Crippen LogP contribution in [0.2, 0.25) is 0 Å². The first-order chi connectivity index (χ1) is 6.31. The lowest BCUT2D eigenvalue weighted by molar-refractivity contribution is -0.144. The van der Waals surface area contributed by atoms with E-state index in [0.29, 0.717) is 6.04 Å². The molecule has 2 heterocycles. The maximum atomic E-state index is 11.3. The van der Waals surface area contributed by atoms with Crippen molar-refractivity contribution in [1.29, 1.82) is 0 Å². The molecule has 0 aromatic carbocycles. The minimum Gasteiger partial charge on any atom is -0.469 e. The molecule has 0 amide bonds. The van der Waals surface area contributed by atoms with Gasteiger partial charge < -0.3 is 10.1 Å². The number of ether oxygens (including phenoxy) is 1. The Morgan fingerprint density at radius 3 is 3.15 bits per heavy atom. The van der Waals surface area contributed by atoms with E-state index in [1.165, 1.54) is 7.11 Å². The summed E-state index contributed by atoms with van der Waals surface area (Å²) in [6, 6.07) is 0.554. The zero-order valence-corrected chi connectivity index (χ0v) is 7.95. The van der Waals surface area contributed by atoms with E-state index in [9.17, 15) is 4.79 Å². The minimum absolute atomic E-state index is 0.0469. The van der Waals surface area contributed by atoms with Crippen molar-refractivity contribution >= 4 is 5.97 Å². The predicted molar refractivity (Wildman–Crippen MR) is 48.4 cm³/mol. The number of piperazine rings is 1. The molecule has 4 nitrogen and oxygen atoms in total. The van der Waals surface area contributed by atoms with E-state index in [1.54, 1.807) is 0 Å².